The van der Waals surface area contributed by atoms with E-state index in [0.29, 0.717) is 0 Å². The lowest BCUT2D eigenvalue weighted by molar-refractivity contribution is -0.125. The van der Waals surface area contributed by atoms with E-state index < -0.39 is 0 Å². The second-order valence-corrected chi connectivity index (χ2v) is 5.42. The van der Waals surface area contributed by atoms with Gasteiger partial charge in [0.05, 0.1) is 11.2 Å². The molecule has 2 unspecified atom stereocenters. The number of nitrogens with one attached hydrogen (secondary N) is 1. The molecule has 0 bridgehead atoms. The Bertz CT molecular complexity index is 375. The maximum Gasteiger partial charge on any atom is 0.223 e. The molecular weight excluding hydrogens is 220 g/mol. The first kappa shape index (κ1) is 11.6. The van der Waals surface area contributed by atoms with Gasteiger partial charge in [-0.3, -0.25) is 4.79 Å². The summed E-state index contributed by atoms with van der Waals surface area (Å²) in [5, 5.41) is 3.07. The van der Waals surface area contributed by atoms with Gasteiger partial charge >= 0.3 is 0 Å². The van der Waals surface area contributed by atoms with Crippen molar-refractivity contribution in [3.05, 3.63) is 16.1 Å². The van der Waals surface area contributed by atoms with Gasteiger partial charge in [0, 0.05) is 16.8 Å². The van der Waals surface area contributed by atoms with Crippen LogP contribution in [-0.2, 0) is 17.6 Å². The maximum atomic E-state index is 12.0. The van der Waals surface area contributed by atoms with Crippen molar-refractivity contribution in [3.8, 4) is 0 Å². The molecule has 16 heavy (non-hydrogen) atoms. The third-order valence-electron chi connectivity index (χ3n) is 3.26. The van der Waals surface area contributed by atoms with Gasteiger partial charge in [0.15, 0.2) is 0 Å². The van der Waals surface area contributed by atoms with Crippen molar-refractivity contribution in [2.45, 2.75) is 45.6 Å². The van der Waals surface area contributed by atoms with Crippen LogP contribution in [-0.4, -0.2) is 16.9 Å². The minimum absolute atomic E-state index is 0.155. The number of hydrogen-bond donors (Lipinski definition) is 1. The normalized spacial score (nSPS) is 21.2. The molecule has 1 aliphatic rings. The van der Waals surface area contributed by atoms with E-state index >= 15 is 0 Å². The highest BCUT2D eigenvalue weighted by atomic mass is 32.1. The summed E-state index contributed by atoms with van der Waals surface area (Å²) >= 11 is 1.68. The molecule has 0 fully saturated rings. The molecule has 0 aromatic carbocycles. The summed E-state index contributed by atoms with van der Waals surface area (Å²) in [5.41, 5.74) is 3.09. The van der Waals surface area contributed by atoms with Crippen molar-refractivity contribution in [1.82, 2.24) is 10.3 Å². The number of fused-ring (bicyclic) bond motifs is 1. The van der Waals surface area contributed by atoms with Gasteiger partial charge < -0.3 is 5.32 Å². The van der Waals surface area contributed by atoms with Crippen LogP contribution in [0.15, 0.2) is 5.51 Å². The number of aryl methyl sites for hydroxylation is 1. The lowest BCUT2D eigenvalue weighted by atomic mass is 9.90. The fourth-order valence-electron chi connectivity index (χ4n) is 1.99. The number of carbonyl (C=O) groups excluding carboxylic acids is 1. The van der Waals surface area contributed by atoms with Crippen molar-refractivity contribution in [3.63, 3.8) is 0 Å². The van der Waals surface area contributed by atoms with Gasteiger partial charge in [-0.1, -0.05) is 6.92 Å². The molecule has 2 atom stereocenters. The Hall–Kier alpha value is -0.900. The fraction of sp³-hybridized carbons (Fsp3) is 0.667. The zero-order chi connectivity index (χ0) is 11.5. The average Bonchev–Trinajstić information content (AvgIpc) is 2.75. The number of carbonyl (C=O) groups is 1. The summed E-state index contributed by atoms with van der Waals surface area (Å²) in [5.74, 6) is 0.371. The molecule has 1 aromatic rings. The van der Waals surface area contributed by atoms with E-state index in [1.807, 2.05) is 5.51 Å². The van der Waals surface area contributed by atoms with Crippen LogP contribution in [0.4, 0.5) is 0 Å². The Morgan fingerprint density at radius 3 is 3.31 bits per heavy atom. The standard InChI is InChI=1S/C12H18N2OS/c1-3-8(2)14-12(15)9-4-5-10-11(6-9)16-7-13-10/h7-9H,3-6H2,1-2H3,(H,14,15). The Kier molecular flexibility index (Phi) is 3.59. The van der Waals surface area contributed by atoms with Gasteiger partial charge in [0.1, 0.15) is 0 Å². The first-order valence-electron chi connectivity index (χ1n) is 5.92. The van der Waals surface area contributed by atoms with Gasteiger partial charge in [-0.15, -0.1) is 11.3 Å². The highest BCUT2D eigenvalue weighted by Crippen LogP contribution is 2.27. The summed E-state index contributed by atoms with van der Waals surface area (Å²) in [6.45, 7) is 4.14. The minimum atomic E-state index is 0.155. The van der Waals surface area contributed by atoms with Crippen LogP contribution in [0.25, 0.3) is 0 Å². The predicted molar refractivity (Wildman–Crippen MR) is 65.5 cm³/mol. The number of aromatic nitrogens is 1. The monoisotopic (exact) mass is 238 g/mol. The van der Waals surface area contributed by atoms with Crippen molar-refractivity contribution in [2.75, 3.05) is 0 Å². The molecule has 0 saturated heterocycles. The molecule has 0 spiro atoms. The van der Waals surface area contributed by atoms with E-state index in [4.69, 9.17) is 0 Å². The molecule has 1 amide bonds. The average molecular weight is 238 g/mol. The maximum absolute atomic E-state index is 12.0. The van der Waals surface area contributed by atoms with Gasteiger partial charge in [-0.2, -0.15) is 0 Å². The third kappa shape index (κ3) is 2.43. The lowest BCUT2D eigenvalue weighted by Crippen LogP contribution is -2.38. The van der Waals surface area contributed by atoms with Crippen LogP contribution in [0.2, 0.25) is 0 Å². The Balaban J connectivity index is 1.95. The molecule has 0 saturated carbocycles. The van der Waals surface area contributed by atoms with Gasteiger partial charge in [-0.05, 0) is 32.6 Å². The van der Waals surface area contributed by atoms with Crippen molar-refractivity contribution >= 4 is 17.2 Å². The van der Waals surface area contributed by atoms with Crippen molar-refractivity contribution in [1.29, 1.82) is 0 Å². The van der Waals surface area contributed by atoms with Crippen LogP contribution in [0.5, 0.6) is 0 Å². The van der Waals surface area contributed by atoms with E-state index in [9.17, 15) is 4.79 Å². The van der Waals surface area contributed by atoms with Crippen LogP contribution in [0.3, 0.4) is 0 Å². The van der Waals surface area contributed by atoms with Crippen molar-refractivity contribution < 1.29 is 4.79 Å². The molecule has 2 rings (SSSR count). The molecule has 0 radical (unpaired) electrons. The molecule has 1 heterocycles. The molecule has 4 heteroatoms. The minimum Gasteiger partial charge on any atom is -0.353 e. The van der Waals surface area contributed by atoms with Crippen LogP contribution >= 0.6 is 11.3 Å². The summed E-state index contributed by atoms with van der Waals surface area (Å²) < 4.78 is 0. The second-order valence-electron chi connectivity index (χ2n) is 4.48. The van der Waals surface area contributed by atoms with E-state index in [1.165, 1.54) is 10.6 Å². The number of nitrogens with zero attached hydrogens (tertiary/aromatic N) is 1. The number of thiazole rings is 1. The molecular formula is C12H18N2OS. The molecule has 88 valence electrons. The molecule has 0 aliphatic heterocycles. The lowest BCUT2D eigenvalue weighted by Gasteiger charge is -2.22. The predicted octanol–water partition coefficient (Wildman–Crippen LogP) is 2.16. The van der Waals surface area contributed by atoms with Crippen LogP contribution < -0.4 is 5.32 Å². The number of rotatable bonds is 3. The zero-order valence-corrected chi connectivity index (χ0v) is 10.6. The Morgan fingerprint density at radius 1 is 1.75 bits per heavy atom. The van der Waals surface area contributed by atoms with Crippen LogP contribution in [0.1, 0.15) is 37.3 Å². The van der Waals surface area contributed by atoms with E-state index in [-0.39, 0.29) is 17.9 Å². The van der Waals surface area contributed by atoms with Gasteiger partial charge in [0.25, 0.3) is 0 Å². The second kappa shape index (κ2) is 4.95. The van der Waals surface area contributed by atoms with E-state index in [0.717, 1.165) is 25.7 Å². The first-order chi connectivity index (χ1) is 7.70. The number of amides is 1. The van der Waals surface area contributed by atoms with Crippen LogP contribution in [0, 0.1) is 5.92 Å². The first-order valence-corrected chi connectivity index (χ1v) is 6.80. The zero-order valence-electron chi connectivity index (χ0n) is 9.82. The summed E-state index contributed by atoms with van der Waals surface area (Å²) in [6.07, 6.45) is 3.77. The molecule has 3 nitrogen and oxygen atoms in total. The molecule has 1 N–H and O–H groups in total. The summed E-state index contributed by atoms with van der Waals surface area (Å²) in [6, 6.07) is 0.287. The number of hydrogen-bond acceptors (Lipinski definition) is 3. The summed E-state index contributed by atoms with van der Waals surface area (Å²) in [4.78, 5) is 17.6. The highest BCUT2D eigenvalue weighted by molar-refractivity contribution is 7.09. The largest absolute Gasteiger partial charge is 0.353 e. The smallest absolute Gasteiger partial charge is 0.223 e. The Morgan fingerprint density at radius 2 is 2.56 bits per heavy atom. The van der Waals surface area contributed by atoms with Crippen molar-refractivity contribution in [2.24, 2.45) is 5.92 Å². The quantitative estimate of drug-likeness (QED) is 0.877. The SMILES string of the molecule is CCC(C)NC(=O)C1CCc2ncsc2C1. The van der Waals surface area contributed by atoms with Gasteiger partial charge in [0.2, 0.25) is 5.91 Å². The van der Waals surface area contributed by atoms with E-state index in [2.05, 4.69) is 24.1 Å². The topological polar surface area (TPSA) is 42.0 Å². The van der Waals surface area contributed by atoms with E-state index in [1.54, 1.807) is 11.3 Å². The molecule has 1 aromatic heterocycles. The fourth-order valence-corrected chi connectivity index (χ4v) is 2.88. The summed E-state index contributed by atoms with van der Waals surface area (Å²) in [7, 11) is 0. The highest BCUT2D eigenvalue weighted by Gasteiger charge is 2.26. The third-order valence-corrected chi connectivity index (χ3v) is 4.16. The van der Waals surface area contributed by atoms with Gasteiger partial charge in [-0.25, -0.2) is 4.98 Å². The Labute approximate surface area is 100 Å². The molecule has 1 aliphatic carbocycles.